The maximum atomic E-state index is 12.7. The number of fused-ring (bicyclic) bond motifs is 3. The summed E-state index contributed by atoms with van der Waals surface area (Å²) in [5.74, 6) is -0.694. The first-order valence-corrected chi connectivity index (χ1v) is 11.6. The number of hydrogen-bond donors (Lipinski definition) is 2. The van der Waals surface area contributed by atoms with Gasteiger partial charge in [-0.1, -0.05) is 42.5 Å². The fraction of sp³-hybridized carbons (Fsp3) is 0.321. The molecule has 0 saturated heterocycles. The monoisotopic (exact) mass is 482 g/mol. The third-order valence-corrected chi connectivity index (χ3v) is 7.35. The summed E-state index contributed by atoms with van der Waals surface area (Å²) < 4.78 is 12.3. The number of aromatic nitrogens is 1. The predicted octanol–water partition coefficient (Wildman–Crippen LogP) is 2.65. The highest BCUT2D eigenvalue weighted by molar-refractivity contribution is 5.60. The molecule has 182 valence electrons. The van der Waals surface area contributed by atoms with Crippen LogP contribution in [0.2, 0.25) is 0 Å². The minimum atomic E-state index is -1.97. The lowest BCUT2D eigenvalue weighted by Gasteiger charge is -2.41. The van der Waals surface area contributed by atoms with Crippen LogP contribution in [0.1, 0.15) is 33.9 Å². The Morgan fingerprint density at radius 2 is 1.78 bits per heavy atom. The van der Waals surface area contributed by atoms with Crippen LogP contribution in [-0.2, 0) is 11.2 Å². The molecule has 0 radical (unpaired) electrons. The molecule has 1 saturated carbocycles. The second kappa shape index (κ2) is 8.61. The smallest absolute Gasteiger partial charge is 0.224 e. The van der Waals surface area contributed by atoms with E-state index in [-0.39, 0.29) is 22.9 Å². The van der Waals surface area contributed by atoms with Gasteiger partial charge in [-0.05, 0) is 37.4 Å². The van der Waals surface area contributed by atoms with Gasteiger partial charge in [0.25, 0.3) is 0 Å². The average molecular weight is 483 g/mol. The number of aliphatic hydroxyl groups is 2. The van der Waals surface area contributed by atoms with Crippen LogP contribution in [0.15, 0.2) is 60.7 Å². The largest absolute Gasteiger partial charge is 0.481 e. The Balaban J connectivity index is 1.87. The number of nitriles is 2. The Morgan fingerprint density at radius 3 is 2.36 bits per heavy atom. The van der Waals surface area contributed by atoms with Gasteiger partial charge < -0.3 is 24.6 Å². The van der Waals surface area contributed by atoms with E-state index in [1.165, 1.54) is 13.2 Å². The number of aliphatic hydroxyl groups excluding tert-OH is 1. The Bertz CT molecular complexity index is 1380. The van der Waals surface area contributed by atoms with Gasteiger partial charge in [0.05, 0.1) is 30.4 Å². The van der Waals surface area contributed by atoms with Gasteiger partial charge in [-0.3, -0.25) is 0 Å². The quantitative estimate of drug-likeness (QED) is 0.569. The molecule has 1 aliphatic carbocycles. The van der Waals surface area contributed by atoms with Crippen molar-refractivity contribution in [1.29, 1.82) is 10.5 Å². The van der Waals surface area contributed by atoms with Crippen LogP contribution in [0.25, 0.3) is 0 Å². The molecule has 3 aromatic rings. The minimum absolute atomic E-state index is 0.0263. The molecule has 1 fully saturated rings. The van der Waals surface area contributed by atoms with Crippen molar-refractivity contribution in [1.82, 2.24) is 9.88 Å². The highest BCUT2D eigenvalue weighted by atomic mass is 16.5. The van der Waals surface area contributed by atoms with E-state index >= 15 is 0 Å². The van der Waals surface area contributed by atoms with E-state index < -0.39 is 29.1 Å². The van der Waals surface area contributed by atoms with Crippen LogP contribution >= 0.6 is 0 Å². The number of benzene rings is 2. The summed E-state index contributed by atoms with van der Waals surface area (Å²) in [6.07, 6.45) is -1.27. The van der Waals surface area contributed by atoms with E-state index in [1.807, 2.05) is 55.4 Å². The van der Waals surface area contributed by atoms with Crippen LogP contribution in [0.4, 0.5) is 0 Å². The number of nitrogens with zero attached hydrogens (tertiary/aromatic N) is 4. The molecule has 5 unspecified atom stereocenters. The molecule has 0 spiro atoms. The number of ether oxygens (including phenoxy) is 2. The zero-order valence-electron chi connectivity index (χ0n) is 20.2. The summed E-state index contributed by atoms with van der Waals surface area (Å²) in [5.41, 5.74) is -1.25. The second-order valence-electron chi connectivity index (χ2n) is 9.55. The van der Waals surface area contributed by atoms with Crippen molar-refractivity contribution >= 4 is 0 Å². The third kappa shape index (κ3) is 3.13. The van der Waals surface area contributed by atoms with Crippen molar-refractivity contribution in [2.75, 3.05) is 27.7 Å². The molecular formula is C28H26N4O4. The van der Waals surface area contributed by atoms with Crippen LogP contribution in [0, 0.1) is 28.6 Å². The molecule has 1 aliphatic heterocycles. The third-order valence-electron chi connectivity index (χ3n) is 7.35. The number of pyridine rings is 1. The van der Waals surface area contributed by atoms with Crippen LogP contribution in [0.5, 0.6) is 11.6 Å². The highest BCUT2D eigenvalue weighted by Crippen LogP contribution is 2.69. The Hall–Kier alpha value is -3.95. The lowest BCUT2D eigenvalue weighted by Crippen LogP contribution is -2.52. The van der Waals surface area contributed by atoms with Crippen molar-refractivity contribution in [3.8, 4) is 23.8 Å². The summed E-state index contributed by atoms with van der Waals surface area (Å²) >= 11 is 0. The van der Waals surface area contributed by atoms with E-state index in [2.05, 4.69) is 11.1 Å². The molecule has 1 aromatic heterocycles. The summed E-state index contributed by atoms with van der Waals surface area (Å²) in [6, 6.07) is 22.1. The maximum Gasteiger partial charge on any atom is 0.224 e. The van der Waals surface area contributed by atoms with E-state index in [1.54, 1.807) is 24.3 Å². The number of rotatable bonds is 5. The van der Waals surface area contributed by atoms with Crippen molar-refractivity contribution in [2.45, 2.75) is 23.2 Å². The van der Waals surface area contributed by atoms with Crippen molar-refractivity contribution in [3.63, 3.8) is 0 Å². The standard InChI is InChI=1S/C28H26N4O4/c1-32(2)16-21-23(18-7-5-4-6-8-18)28(19-11-9-17(14-29)10-12-19)27(34,25(21)33)24-22(36-28)13-20(15-30)31-26(24)35-3/h4-13,21,23,25,33-34H,16H2,1-3H3. The van der Waals surface area contributed by atoms with Crippen molar-refractivity contribution in [3.05, 3.63) is 88.6 Å². The molecule has 5 rings (SSSR count). The zero-order chi connectivity index (χ0) is 25.7. The van der Waals surface area contributed by atoms with Crippen LogP contribution in [0.3, 0.4) is 0 Å². The highest BCUT2D eigenvalue weighted by Gasteiger charge is 2.76. The molecule has 2 aliphatic rings. The fourth-order valence-electron chi connectivity index (χ4n) is 6.05. The molecule has 2 heterocycles. The first-order chi connectivity index (χ1) is 17.3. The topological polar surface area (TPSA) is 123 Å². The van der Waals surface area contributed by atoms with E-state index in [0.717, 1.165) is 5.56 Å². The normalized spacial score (nSPS) is 28.1. The maximum absolute atomic E-state index is 12.7. The first kappa shape index (κ1) is 23.8. The molecule has 0 bridgehead atoms. The van der Waals surface area contributed by atoms with Crippen molar-refractivity contribution < 1.29 is 19.7 Å². The molecule has 0 amide bonds. The van der Waals surface area contributed by atoms with E-state index in [9.17, 15) is 20.7 Å². The van der Waals surface area contributed by atoms with Crippen LogP contribution in [-0.4, -0.2) is 54.0 Å². The molecular weight excluding hydrogens is 456 g/mol. The molecule has 2 N–H and O–H groups in total. The van der Waals surface area contributed by atoms with E-state index in [4.69, 9.17) is 9.47 Å². The Kier molecular flexibility index (Phi) is 5.69. The van der Waals surface area contributed by atoms with Gasteiger partial charge in [0.1, 0.15) is 17.5 Å². The minimum Gasteiger partial charge on any atom is -0.481 e. The summed E-state index contributed by atoms with van der Waals surface area (Å²) in [4.78, 5) is 6.24. The summed E-state index contributed by atoms with van der Waals surface area (Å²) in [6.45, 7) is 0.464. The Labute approximate surface area is 209 Å². The van der Waals surface area contributed by atoms with Gasteiger partial charge in [-0.2, -0.15) is 10.5 Å². The van der Waals surface area contributed by atoms with Crippen molar-refractivity contribution in [2.24, 2.45) is 5.92 Å². The van der Waals surface area contributed by atoms with Gasteiger partial charge in [0.2, 0.25) is 5.88 Å². The van der Waals surface area contributed by atoms with Gasteiger partial charge in [0, 0.05) is 24.4 Å². The molecule has 8 heteroatoms. The fourth-order valence-corrected chi connectivity index (χ4v) is 6.05. The van der Waals surface area contributed by atoms with Gasteiger partial charge in [-0.25, -0.2) is 4.98 Å². The number of methoxy groups -OCH3 is 1. The summed E-state index contributed by atoms with van der Waals surface area (Å²) in [5, 5.41) is 43.6. The summed E-state index contributed by atoms with van der Waals surface area (Å²) in [7, 11) is 5.23. The van der Waals surface area contributed by atoms with Gasteiger partial charge >= 0.3 is 0 Å². The lowest BCUT2D eigenvalue weighted by atomic mass is 9.70. The molecule has 36 heavy (non-hydrogen) atoms. The molecule has 5 atom stereocenters. The predicted molar refractivity (Wildman–Crippen MR) is 130 cm³/mol. The average Bonchev–Trinajstić information content (AvgIpc) is 3.26. The SMILES string of the molecule is COc1nc(C#N)cc2c1C1(O)C(O)C(CN(C)C)C(c3ccccc3)C1(c1ccc(C#N)cc1)O2. The number of hydrogen-bond acceptors (Lipinski definition) is 8. The van der Waals surface area contributed by atoms with Gasteiger partial charge in [0.15, 0.2) is 11.2 Å². The zero-order valence-corrected chi connectivity index (χ0v) is 20.2. The van der Waals surface area contributed by atoms with Crippen LogP contribution < -0.4 is 9.47 Å². The first-order valence-electron chi connectivity index (χ1n) is 11.6. The molecule has 8 nitrogen and oxygen atoms in total. The Morgan fingerprint density at radius 1 is 1.08 bits per heavy atom. The van der Waals surface area contributed by atoms with Gasteiger partial charge in [-0.15, -0.1) is 0 Å². The lowest BCUT2D eigenvalue weighted by molar-refractivity contribution is -0.152. The molecule has 2 aromatic carbocycles. The second-order valence-corrected chi connectivity index (χ2v) is 9.55. The van der Waals surface area contributed by atoms with E-state index in [0.29, 0.717) is 17.7 Å².